The number of amides is 2. The van der Waals surface area contributed by atoms with Crippen molar-refractivity contribution in [3.63, 3.8) is 0 Å². The summed E-state index contributed by atoms with van der Waals surface area (Å²) in [6, 6.07) is 13.7. The van der Waals surface area contributed by atoms with Crippen molar-refractivity contribution in [2.24, 2.45) is 0 Å². The number of nitrogens with one attached hydrogen (secondary N) is 1. The van der Waals surface area contributed by atoms with Crippen LogP contribution < -0.4 is 19.7 Å². The molecule has 10 heteroatoms. The molecule has 1 N–H and O–H groups in total. The number of carbonyl (C=O) groups is 2. The van der Waals surface area contributed by atoms with Crippen molar-refractivity contribution in [1.29, 1.82) is 0 Å². The highest BCUT2D eigenvalue weighted by Crippen LogP contribution is 2.37. The fraction of sp³-hybridized carbons (Fsp3) is 0.308. The van der Waals surface area contributed by atoms with Crippen LogP contribution in [0.1, 0.15) is 32.4 Å². The van der Waals surface area contributed by atoms with E-state index in [1.807, 2.05) is 61.9 Å². The minimum atomic E-state index is -0.902. The van der Waals surface area contributed by atoms with E-state index in [-0.39, 0.29) is 18.4 Å². The smallest absolute Gasteiger partial charge is 0.249 e. The quantitative estimate of drug-likeness (QED) is 0.426. The molecule has 0 aliphatic carbocycles. The van der Waals surface area contributed by atoms with Gasteiger partial charge in [-0.3, -0.25) is 14.5 Å². The second-order valence-corrected chi connectivity index (χ2v) is 10.3. The Kier molecular flexibility index (Phi) is 6.36. The molecule has 0 bridgehead atoms. The molecule has 0 spiro atoms. The molecule has 1 aliphatic heterocycles. The van der Waals surface area contributed by atoms with Gasteiger partial charge >= 0.3 is 0 Å². The highest BCUT2D eigenvalue weighted by atomic mass is 32.1. The second kappa shape index (κ2) is 9.62. The van der Waals surface area contributed by atoms with E-state index in [2.05, 4.69) is 15.6 Å². The molecule has 0 saturated heterocycles. The molecular weight excluding hydrogens is 478 g/mol. The van der Waals surface area contributed by atoms with Gasteiger partial charge < -0.3 is 14.8 Å². The van der Waals surface area contributed by atoms with E-state index in [9.17, 15) is 9.59 Å². The number of carbonyl (C=O) groups excluding carboxylic acids is 2. The van der Waals surface area contributed by atoms with E-state index in [0.717, 1.165) is 5.52 Å². The molecule has 3 heterocycles. The summed E-state index contributed by atoms with van der Waals surface area (Å²) in [5.74, 6) is 0.532. The number of ether oxygens (including phenoxy) is 2. The summed E-state index contributed by atoms with van der Waals surface area (Å²) in [6.07, 6.45) is 0. The van der Waals surface area contributed by atoms with Gasteiger partial charge in [0.2, 0.25) is 11.8 Å². The zero-order valence-corrected chi connectivity index (χ0v) is 21.1. The number of para-hydroxylation sites is 1. The molecule has 1 atom stereocenters. The van der Waals surface area contributed by atoms with Gasteiger partial charge in [-0.15, -0.1) is 5.10 Å². The number of hydrogen-bond acceptors (Lipinski definition) is 7. The van der Waals surface area contributed by atoms with Crippen molar-refractivity contribution >= 4 is 39.9 Å². The van der Waals surface area contributed by atoms with Crippen LogP contribution in [0.25, 0.3) is 11.0 Å². The summed E-state index contributed by atoms with van der Waals surface area (Å²) >= 11 is 1.47. The third-order valence-corrected chi connectivity index (χ3v) is 6.34. The van der Waals surface area contributed by atoms with E-state index in [1.165, 1.54) is 16.2 Å². The topological polar surface area (TPSA) is 98.6 Å². The maximum atomic E-state index is 14.0. The van der Waals surface area contributed by atoms with Gasteiger partial charge in [-0.05, 0) is 67.4 Å². The largest absolute Gasteiger partial charge is 0.486 e. The molecule has 0 fully saturated rings. The Morgan fingerprint density at radius 1 is 1.11 bits per heavy atom. The molecule has 4 aromatic rings. The zero-order valence-electron chi connectivity index (χ0n) is 20.3. The van der Waals surface area contributed by atoms with Gasteiger partial charge in [0.25, 0.3) is 0 Å². The Labute approximate surface area is 212 Å². The molecule has 1 unspecified atom stereocenters. The molecule has 5 rings (SSSR count). The lowest BCUT2D eigenvalue weighted by Gasteiger charge is -2.34. The number of aromatic nitrogens is 3. The fourth-order valence-electron chi connectivity index (χ4n) is 4.14. The van der Waals surface area contributed by atoms with Gasteiger partial charge in [-0.2, -0.15) is 11.3 Å². The van der Waals surface area contributed by atoms with Gasteiger partial charge in [-0.25, -0.2) is 4.68 Å². The lowest BCUT2D eigenvalue weighted by molar-refractivity contribution is -0.128. The van der Waals surface area contributed by atoms with E-state index >= 15 is 0 Å². The first-order valence-electron chi connectivity index (χ1n) is 11.6. The average Bonchev–Trinajstić information content (AvgIpc) is 3.51. The molecule has 36 heavy (non-hydrogen) atoms. The Balaban J connectivity index is 1.59. The molecule has 0 radical (unpaired) electrons. The minimum Gasteiger partial charge on any atom is -0.486 e. The fourth-order valence-corrected chi connectivity index (χ4v) is 4.82. The molecule has 2 amide bonds. The van der Waals surface area contributed by atoms with E-state index in [0.29, 0.717) is 41.5 Å². The predicted octanol–water partition coefficient (Wildman–Crippen LogP) is 3.95. The monoisotopic (exact) mass is 505 g/mol. The Morgan fingerprint density at radius 3 is 2.64 bits per heavy atom. The number of benzene rings is 2. The van der Waals surface area contributed by atoms with Crippen molar-refractivity contribution in [2.75, 3.05) is 18.1 Å². The zero-order chi connectivity index (χ0) is 25.3. The van der Waals surface area contributed by atoms with Crippen molar-refractivity contribution < 1.29 is 19.1 Å². The number of fused-ring (bicyclic) bond motifs is 2. The van der Waals surface area contributed by atoms with Crippen LogP contribution >= 0.6 is 11.3 Å². The molecule has 186 valence electrons. The number of anilines is 1. The third kappa shape index (κ3) is 4.90. The summed E-state index contributed by atoms with van der Waals surface area (Å²) in [5, 5.41) is 15.2. The summed E-state index contributed by atoms with van der Waals surface area (Å²) in [5.41, 5.74) is 2.17. The highest BCUT2D eigenvalue weighted by molar-refractivity contribution is 7.08. The van der Waals surface area contributed by atoms with E-state index < -0.39 is 11.6 Å². The maximum absolute atomic E-state index is 14.0. The van der Waals surface area contributed by atoms with Gasteiger partial charge in [0.1, 0.15) is 31.3 Å². The molecule has 1 aliphatic rings. The Morgan fingerprint density at radius 2 is 1.89 bits per heavy atom. The van der Waals surface area contributed by atoms with Crippen LogP contribution in [0, 0.1) is 0 Å². The molecule has 0 saturated carbocycles. The van der Waals surface area contributed by atoms with Crippen molar-refractivity contribution in [3.05, 3.63) is 64.9 Å². The Bertz CT molecular complexity index is 1390. The lowest BCUT2D eigenvalue weighted by atomic mass is 10.0. The molecular formula is C26H27N5O4S. The predicted molar refractivity (Wildman–Crippen MR) is 137 cm³/mol. The first-order chi connectivity index (χ1) is 17.3. The first-order valence-corrected chi connectivity index (χ1v) is 12.6. The highest BCUT2D eigenvalue weighted by Gasteiger charge is 2.35. The summed E-state index contributed by atoms with van der Waals surface area (Å²) in [6.45, 7) is 6.50. The number of rotatable bonds is 6. The van der Waals surface area contributed by atoms with Crippen LogP contribution in [-0.4, -0.2) is 45.6 Å². The summed E-state index contributed by atoms with van der Waals surface area (Å²) in [4.78, 5) is 29.2. The summed E-state index contributed by atoms with van der Waals surface area (Å²) in [7, 11) is 0. The number of hydrogen-bond donors (Lipinski definition) is 1. The second-order valence-electron chi connectivity index (χ2n) is 9.53. The normalized spacial score (nSPS) is 13.9. The van der Waals surface area contributed by atoms with E-state index in [1.54, 1.807) is 22.9 Å². The number of nitrogens with zero attached hydrogens (tertiary/aromatic N) is 4. The minimum absolute atomic E-state index is 0.0988. The standard InChI is InChI=1S/C26H27N5O4S/c1-26(2,3)27-25(33)24(17-10-13-36-16-17)31(18-8-9-21-22(14-18)35-12-11-34-21)23(32)15-30-20-7-5-4-6-19(20)28-29-30/h4-10,13-14,16,24H,11-12,15H2,1-3H3,(H,27,33). The molecule has 9 nitrogen and oxygen atoms in total. The van der Waals surface area contributed by atoms with Crippen molar-refractivity contribution in [2.45, 2.75) is 38.9 Å². The van der Waals surface area contributed by atoms with Crippen LogP contribution in [-0.2, 0) is 16.1 Å². The Hall–Kier alpha value is -3.92. The van der Waals surface area contributed by atoms with E-state index in [4.69, 9.17) is 9.47 Å². The summed E-state index contributed by atoms with van der Waals surface area (Å²) < 4.78 is 13.0. The van der Waals surface area contributed by atoms with Gasteiger partial charge in [-0.1, -0.05) is 17.3 Å². The van der Waals surface area contributed by atoms with Crippen LogP contribution in [0.15, 0.2) is 59.3 Å². The van der Waals surface area contributed by atoms with Crippen LogP contribution in [0.5, 0.6) is 11.5 Å². The SMILES string of the molecule is CC(C)(C)NC(=O)C(c1ccsc1)N(C(=O)Cn1nnc2ccccc21)c1ccc2c(c1)OCCO2. The van der Waals surface area contributed by atoms with Gasteiger partial charge in [0.15, 0.2) is 11.5 Å². The van der Waals surface area contributed by atoms with Crippen LogP contribution in [0.3, 0.4) is 0 Å². The average molecular weight is 506 g/mol. The van der Waals surface area contributed by atoms with Crippen molar-refractivity contribution in [3.8, 4) is 11.5 Å². The number of thiophene rings is 1. The maximum Gasteiger partial charge on any atom is 0.249 e. The van der Waals surface area contributed by atoms with Gasteiger partial charge in [0, 0.05) is 17.3 Å². The van der Waals surface area contributed by atoms with Crippen LogP contribution in [0.2, 0.25) is 0 Å². The van der Waals surface area contributed by atoms with Gasteiger partial charge in [0.05, 0.1) is 5.52 Å². The van der Waals surface area contributed by atoms with Crippen LogP contribution in [0.4, 0.5) is 5.69 Å². The molecule has 2 aromatic heterocycles. The first kappa shape index (κ1) is 23.8. The lowest BCUT2D eigenvalue weighted by Crippen LogP contribution is -2.50. The van der Waals surface area contributed by atoms with Crippen molar-refractivity contribution in [1.82, 2.24) is 20.3 Å². The molecule has 2 aromatic carbocycles. The third-order valence-electron chi connectivity index (χ3n) is 5.64.